The van der Waals surface area contributed by atoms with E-state index in [-0.39, 0.29) is 18.5 Å². The first-order valence-electron chi connectivity index (χ1n) is 8.65. The average molecular weight is 386 g/mol. The molecule has 1 aromatic heterocycles. The molecule has 0 saturated carbocycles. The highest BCUT2D eigenvalue weighted by Crippen LogP contribution is 2.35. The van der Waals surface area contributed by atoms with Crippen LogP contribution in [-0.4, -0.2) is 20.9 Å². The molecule has 1 aliphatic rings. The number of carbonyl (C=O) groups excluding carboxylic acids is 1. The minimum Gasteiger partial charge on any atom is -0.337 e. The van der Waals surface area contributed by atoms with Gasteiger partial charge in [0.25, 0.3) is 0 Å². The summed E-state index contributed by atoms with van der Waals surface area (Å²) in [5.41, 5.74) is 2.68. The molecule has 1 fully saturated rings. The van der Waals surface area contributed by atoms with Crippen molar-refractivity contribution in [1.82, 2.24) is 15.0 Å². The van der Waals surface area contributed by atoms with Gasteiger partial charge in [-0.15, -0.1) is 0 Å². The molecule has 138 valence electrons. The Morgan fingerprint density at radius 1 is 1.26 bits per heavy atom. The zero-order valence-electron chi connectivity index (χ0n) is 14.7. The lowest BCUT2D eigenvalue weighted by Gasteiger charge is -2.22. The molecule has 2 heterocycles. The maximum atomic E-state index is 13.3. The SMILES string of the molecule is Cc1ccc(-c2noc(C3CCC(=O)N3Cc3ccc(F)cc3Cl)n2)cc1. The Morgan fingerprint density at radius 2 is 2.04 bits per heavy atom. The molecule has 1 unspecified atom stereocenters. The number of rotatable bonds is 4. The smallest absolute Gasteiger partial charge is 0.249 e. The summed E-state index contributed by atoms with van der Waals surface area (Å²) in [6.45, 7) is 2.28. The molecule has 7 heteroatoms. The van der Waals surface area contributed by atoms with Crippen LogP contribution in [-0.2, 0) is 11.3 Å². The van der Waals surface area contributed by atoms with E-state index in [9.17, 15) is 9.18 Å². The second-order valence-corrected chi connectivity index (χ2v) is 7.04. The Bertz CT molecular complexity index is 987. The van der Waals surface area contributed by atoms with Crippen LogP contribution in [0.25, 0.3) is 11.4 Å². The first-order chi connectivity index (χ1) is 13.0. The van der Waals surface area contributed by atoms with E-state index in [2.05, 4.69) is 10.1 Å². The van der Waals surface area contributed by atoms with E-state index < -0.39 is 5.82 Å². The largest absolute Gasteiger partial charge is 0.337 e. The fourth-order valence-electron chi connectivity index (χ4n) is 3.21. The molecular weight excluding hydrogens is 369 g/mol. The van der Waals surface area contributed by atoms with Gasteiger partial charge in [-0.1, -0.05) is 52.7 Å². The highest BCUT2D eigenvalue weighted by atomic mass is 35.5. The van der Waals surface area contributed by atoms with E-state index in [0.29, 0.717) is 35.1 Å². The number of amides is 1. The lowest BCUT2D eigenvalue weighted by Crippen LogP contribution is -2.27. The van der Waals surface area contributed by atoms with E-state index in [0.717, 1.165) is 11.1 Å². The lowest BCUT2D eigenvalue weighted by atomic mass is 10.1. The third-order valence-corrected chi connectivity index (χ3v) is 5.07. The van der Waals surface area contributed by atoms with Crippen LogP contribution in [0.3, 0.4) is 0 Å². The van der Waals surface area contributed by atoms with Gasteiger partial charge in [-0.2, -0.15) is 4.98 Å². The Labute approximate surface area is 160 Å². The average Bonchev–Trinajstić information content (AvgIpc) is 3.25. The van der Waals surface area contributed by atoms with Gasteiger partial charge in [0.1, 0.15) is 11.9 Å². The molecule has 0 spiro atoms. The molecule has 0 bridgehead atoms. The van der Waals surface area contributed by atoms with Gasteiger partial charge in [0.05, 0.1) is 0 Å². The van der Waals surface area contributed by atoms with Crippen LogP contribution in [0.15, 0.2) is 47.0 Å². The summed E-state index contributed by atoms with van der Waals surface area (Å²) in [7, 11) is 0. The quantitative estimate of drug-likeness (QED) is 0.653. The molecule has 0 aliphatic carbocycles. The van der Waals surface area contributed by atoms with Crippen LogP contribution in [0.1, 0.15) is 35.9 Å². The van der Waals surface area contributed by atoms with Gasteiger partial charge in [-0.3, -0.25) is 4.79 Å². The van der Waals surface area contributed by atoms with E-state index >= 15 is 0 Å². The monoisotopic (exact) mass is 385 g/mol. The maximum Gasteiger partial charge on any atom is 0.249 e. The van der Waals surface area contributed by atoms with Crippen molar-refractivity contribution < 1.29 is 13.7 Å². The van der Waals surface area contributed by atoms with Crippen LogP contribution >= 0.6 is 11.6 Å². The first-order valence-corrected chi connectivity index (χ1v) is 9.03. The van der Waals surface area contributed by atoms with Crippen LogP contribution in [0, 0.1) is 12.7 Å². The van der Waals surface area contributed by atoms with Crippen molar-refractivity contribution in [3.8, 4) is 11.4 Å². The number of nitrogens with zero attached hydrogens (tertiary/aromatic N) is 3. The Balaban J connectivity index is 1.59. The number of benzene rings is 2. The van der Waals surface area contributed by atoms with Crippen molar-refractivity contribution in [2.24, 2.45) is 0 Å². The molecular formula is C20H17ClFN3O2. The fourth-order valence-corrected chi connectivity index (χ4v) is 3.44. The van der Waals surface area contributed by atoms with E-state index in [1.165, 1.54) is 12.1 Å². The molecule has 5 nitrogen and oxygen atoms in total. The fraction of sp³-hybridized carbons (Fsp3) is 0.250. The third-order valence-electron chi connectivity index (χ3n) is 4.72. The van der Waals surface area contributed by atoms with Crippen LogP contribution < -0.4 is 0 Å². The predicted molar refractivity (Wildman–Crippen MR) is 98.4 cm³/mol. The molecule has 2 aromatic carbocycles. The molecule has 3 aromatic rings. The molecule has 4 rings (SSSR count). The second-order valence-electron chi connectivity index (χ2n) is 6.63. The number of hydrogen-bond acceptors (Lipinski definition) is 4. The van der Waals surface area contributed by atoms with E-state index in [1.807, 2.05) is 31.2 Å². The molecule has 27 heavy (non-hydrogen) atoms. The van der Waals surface area contributed by atoms with E-state index in [1.54, 1.807) is 11.0 Å². The first kappa shape index (κ1) is 17.7. The number of hydrogen-bond donors (Lipinski definition) is 0. The van der Waals surface area contributed by atoms with Crippen molar-refractivity contribution in [2.45, 2.75) is 32.4 Å². The van der Waals surface area contributed by atoms with E-state index in [4.69, 9.17) is 16.1 Å². The normalized spacial score (nSPS) is 16.9. The number of aryl methyl sites for hydroxylation is 1. The molecule has 1 atom stereocenters. The Morgan fingerprint density at radius 3 is 2.78 bits per heavy atom. The number of carbonyl (C=O) groups is 1. The van der Waals surface area contributed by atoms with Crippen LogP contribution in [0.2, 0.25) is 5.02 Å². The summed E-state index contributed by atoms with van der Waals surface area (Å²) >= 11 is 6.12. The molecule has 1 saturated heterocycles. The molecule has 1 amide bonds. The van der Waals surface area contributed by atoms with Crippen molar-refractivity contribution >= 4 is 17.5 Å². The summed E-state index contributed by atoms with van der Waals surface area (Å²) in [5, 5.41) is 4.35. The van der Waals surface area contributed by atoms with Gasteiger partial charge in [0.2, 0.25) is 17.6 Å². The molecule has 1 aliphatic heterocycles. The van der Waals surface area contributed by atoms with Crippen molar-refractivity contribution in [1.29, 1.82) is 0 Å². The lowest BCUT2D eigenvalue weighted by molar-refractivity contribution is -0.129. The highest BCUT2D eigenvalue weighted by Gasteiger charge is 2.36. The maximum absolute atomic E-state index is 13.3. The standard InChI is InChI=1S/C20H17ClFN3O2/c1-12-2-4-13(5-3-12)19-23-20(27-24-19)17-8-9-18(26)25(17)11-14-6-7-15(22)10-16(14)21/h2-7,10,17H,8-9,11H2,1H3. The van der Waals surface area contributed by atoms with Crippen molar-refractivity contribution in [3.63, 3.8) is 0 Å². The zero-order valence-corrected chi connectivity index (χ0v) is 15.4. The molecule has 0 radical (unpaired) electrons. The minimum atomic E-state index is -0.410. The van der Waals surface area contributed by atoms with Crippen LogP contribution in [0.4, 0.5) is 4.39 Å². The Kier molecular flexibility index (Phi) is 4.66. The van der Waals surface area contributed by atoms with Gasteiger partial charge in [-0.05, 0) is 31.0 Å². The number of likely N-dealkylation sites (tertiary alicyclic amines) is 1. The van der Waals surface area contributed by atoms with Gasteiger partial charge in [0, 0.05) is 23.6 Å². The third kappa shape index (κ3) is 3.57. The van der Waals surface area contributed by atoms with Gasteiger partial charge in [-0.25, -0.2) is 4.39 Å². The number of halogens is 2. The van der Waals surface area contributed by atoms with Gasteiger partial charge < -0.3 is 9.42 Å². The van der Waals surface area contributed by atoms with Gasteiger partial charge >= 0.3 is 0 Å². The second kappa shape index (κ2) is 7.12. The van der Waals surface area contributed by atoms with Gasteiger partial charge in [0.15, 0.2) is 0 Å². The molecule has 0 N–H and O–H groups in total. The summed E-state index contributed by atoms with van der Waals surface area (Å²) in [5.74, 6) is 0.460. The summed E-state index contributed by atoms with van der Waals surface area (Å²) in [6, 6.07) is 11.7. The minimum absolute atomic E-state index is 0.0181. The predicted octanol–water partition coefficient (Wildman–Crippen LogP) is 4.70. The topological polar surface area (TPSA) is 59.2 Å². The zero-order chi connectivity index (χ0) is 19.0. The summed E-state index contributed by atoms with van der Waals surface area (Å²) in [6.07, 6.45) is 0.985. The van der Waals surface area contributed by atoms with Crippen molar-refractivity contribution in [2.75, 3.05) is 0 Å². The van der Waals surface area contributed by atoms with Crippen molar-refractivity contribution in [3.05, 3.63) is 70.3 Å². The Hall–Kier alpha value is -2.73. The number of aromatic nitrogens is 2. The summed E-state index contributed by atoms with van der Waals surface area (Å²) in [4.78, 5) is 18.5. The highest BCUT2D eigenvalue weighted by molar-refractivity contribution is 6.31. The van der Waals surface area contributed by atoms with Crippen LogP contribution in [0.5, 0.6) is 0 Å². The summed E-state index contributed by atoms with van der Waals surface area (Å²) < 4.78 is 18.7.